The Morgan fingerprint density at radius 3 is 0.763 bits per heavy atom. The quantitative estimate of drug-likeness (QED) is 0.229. The lowest BCUT2D eigenvalue weighted by atomic mass is 10.2. The molecule has 0 radical (unpaired) electrons. The molecule has 0 aliphatic heterocycles. The summed E-state index contributed by atoms with van der Waals surface area (Å²) in [5.41, 5.74) is -0.620. The van der Waals surface area contributed by atoms with Crippen LogP contribution in [0.15, 0.2) is 146 Å². The maximum atomic E-state index is 14.4. The molecule has 0 atom stereocenters. The lowest BCUT2D eigenvalue weighted by Crippen LogP contribution is -2.23. The molecular weight excluding hydrogens is 510 g/mol. The second-order valence-electron chi connectivity index (χ2n) is 8.75. The van der Waals surface area contributed by atoms with Crippen molar-refractivity contribution in [1.82, 2.24) is 0 Å². The molecule has 6 heteroatoms. The third-order valence-corrected chi connectivity index (χ3v) is 12.2. The van der Waals surface area contributed by atoms with Gasteiger partial charge in [-0.1, -0.05) is 146 Å². The Kier molecular flexibility index (Phi) is 7.20. The zero-order valence-corrected chi connectivity index (χ0v) is 22.2. The normalized spacial score (nSPS) is 11.6. The van der Waals surface area contributed by atoms with Crippen molar-refractivity contribution in [2.75, 3.05) is 0 Å². The largest absolute Gasteiger partial charge is 0.305 e. The molecule has 0 amide bonds. The van der Waals surface area contributed by atoms with Crippen molar-refractivity contribution in [1.29, 1.82) is 0 Å². The summed E-state index contributed by atoms with van der Waals surface area (Å²) in [6, 6.07) is 40.8. The first kappa shape index (κ1) is 25.5. The smallest absolute Gasteiger partial charge is 0.230 e. The maximum Gasteiger partial charge on any atom is 0.230 e. The molecule has 0 N–H and O–H groups in total. The fourth-order valence-corrected chi connectivity index (χ4v) is 9.37. The number of rotatable bonds is 8. The second kappa shape index (κ2) is 10.7. The molecule has 0 saturated heterocycles. The van der Waals surface area contributed by atoms with Crippen molar-refractivity contribution in [2.45, 2.75) is 0 Å². The number of carbonyl (C=O) groups is 2. The zero-order chi connectivity index (χ0) is 26.6. The summed E-state index contributed by atoms with van der Waals surface area (Å²) < 4.78 is 28.8. The Bertz CT molecular complexity index is 1450. The SMILES string of the molecule is O=C(c1ccc(C(=O)P(=O)(c2ccccc2)c2ccccc2)cc1)P(=O)(c1ccccc1)c1ccccc1. The number of benzene rings is 5. The monoisotopic (exact) mass is 534 g/mol. The van der Waals surface area contributed by atoms with E-state index in [2.05, 4.69) is 0 Å². The Hall–Kier alpha value is -4.10. The van der Waals surface area contributed by atoms with Crippen molar-refractivity contribution < 1.29 is 18.7 Å². The van der Waals surface area contributed by atoms with E-state index in [1.54, 1.807) is 97.1 Å². The van der Waals surface area contributed by atoms with Crippen molar-refractivity contribution in [2.24, 2.45) is 0 Å². The van der Waals surface area contributed by atoms with E-state index in [1.165, 1.54) is 24.3 Å². The summed E-state index contributed by atoms with van der Waals surface area (Å²) in [5.74, 6) is 0. The first-order valence-corrected chi connectivity index (χ1v) is 15.5. The Labute approximate surface area is 221 Å². The first-order valence-electron chi connectivity index (χ1n) is 12.1. The molecule has 38 heavy (non-hydrogen) atoms. The molecule has 0 fully saturated rings. The van der Waals surface area contributed by atoms with Gasteiger partial charge < -0.3 is 9.13 Å². The molecule has 186 valence electrons. The van der Waals surface area contributed by atoms with E-state index < -0.39 is 25.3 Å². The highest BCUT2D eigenvalue weighted by Crippen LogP contribution is 2.48. The molecular formula is C32H24O4P2. The average molecular weight is 534 g/mol. The van der Waals surface area contributed by atoms with Crippen LogP contribution < -0.4 is 21.2 Å². The molecule has 0 spiro atoms. The molecule has 0 bridgehead atoms. The van der Waals surface area contributed by atoms with Crippen LogP contribution in [0, 0.1) is 0 Å². The van der Waals surface area contributed by atoms with Gasteiger partial charge in [0.05, 0.1) is 0 Å². The molecule has 0 aromatic heterocycles. The summed E-state index contributed by atoms with van der Waals surface area (Å²) in [6.07, 6.45) is 0. The van der Waals surface area contributed by atoms with E-state index in [4.69, 9.17) is 0 Å². The van der Waals surface area contributed by atoms with Crippen molar-refractivity contribution in [3.05, 3.63) is 157 Å². The van der Waals surface area contributed by atoms with Crippen molar-refractivity contribution in [3.63, 3.8) is 0 Å². The van der Waals surface area contributed by atoms with Gasteiger partial charge in [0.15, 0.2) is 0 Å². The molecule has 4 nitrogen and oxygen atoms in total. The third-order valence-electron chi connectivity index (χ3n) is 6.43. The molecule has 5 aromatic rings. The molecule has 0 aliphatic carbocycles. The minimum Gasteiger partial charge on any atom is -0.305 e. The predicted molar refractivity (Wildman–Crippen MR) is 155 cm³/mol. The molecule has 0 saturated carbocycles. The summed E-state index contributed by atoms with van der Waals surface area (Å²) in [7, 11) is -7.37. The van der Waals surface area contributed by atoms with Crippen molar-refractivity contribution in [3.8, 4) is 0 Å². The molecule has 0 aliphatic rings. The minimum absolute atomic E-state index is 0.215. The molecule has 0 heterocycles. The van der Waals surface area contributed by atoms with Crippen LogP contribution in [0.4, 0.5) is 0 Å². The lowest BCUT2D eigenvalue weighted by molar-refractivity contribution is 0.106. The van der Waals surface area contributed by atoms with Gasteiger partial charge in [0.1, 0.15) is 0 Å². The summed E-state index contributed by atoms with van der Waals surface area (Å²) in [6.45, 7) is 0. The fraction of sp³-hybridized carbons (Fsp3) is 0. The van der Waals surface area contributed by atoms with Gasteiger partial charge in [-0.3, -0.25) is 9.59 Å². The van der Waals surface area contributed by atoms with Crippen molar-refractivity contribution >= 4 is 46.6 Å². The van der Waals surface area contributed by atoms with E-state index in [9.17, 15) is 18.7 Å². The number of hydrogen-bond acceptors (Lipinski definition) is 4. The maximum absolute atomic E-state index is 14.4. The van der Waals surface area contributed by atoms with E-state index in [0.29, 0.717) is 21.2 Å². The van der Waals surface area contributed by atoms with E-state index >= 15 is 0 Å². The van der Waals surface area contributed by atoms with Gasteiger partial charge in [0.2, 0.25) is 25.3 Å². The number of hydrogen-bond donors (Lipinski definition) is 0. The highest BCUT2D eigenvalue weighted by atomic mass is 31.2. The average Bonchev–Trinajstić information content (AvgIpc) is 3.01. The van der Waals surface area contributed by atoms with Crippen LogP contribution in [0.25, 0.3) is 0 Å². The van der Waals surface area contributed by atoms with Gasteiger partial charge in [0, 0.05) is 32.3 Å². The Morgan fingerprint density at radius 2 is 0.553 bits per heavy atom. The minimum atomic E-state index is -3.68. The fourth-order valence-electron chi connectivity index (χ4n) is 4.44. The van der Waals surface area contributed by atoms with E-state index in [-0.39, 0.29) is 11.1 Å². The van der Waals surface area contributed by atoms with Crippen LogP contribution in [0.5, 0.6) is 0 Å². The van der Waals surface area contributed by atoms with Gasteiger partial charge in [-0.15, -0.1) is 0 Å². The first-order chi connectivity index (χ1) is 18.5. The molecule has 0 unspecified atom stereocenters. The zero-order valence-electron chi connectivity index (χ0n) is 20.4. The third kappa shape index (κ3) is 4.54. The van der Waals surface area contributed by atoms with Gasteiger partial charge in [-0.2, -0.15) is 0 Å². The lowest BCUT2D eigenvalue weighted by Gasteiger charge is -2.19. The van der Waals surface area contributed by atoms with Crippen LogP contribution in [0.2, 0.25) is 0 Å². The van der Waals surface area contributed by atoms with Crippen LogP contribution >= 0.6 is 14.3 Å². The van der Waals surface area contributed by atoms with Crippen LogP contribution in [0.1, 0.15) is 20.7 Å². The summed E-state index contributed by atoms with van der Waals surface area (Å²) >= 11 is 0. The highest BCUT2D eigenvalue weighted by Gasteiger charge is 2.38. The Morgan fingerprint density at radius 1 is 0.342 bits per heavy atom. The predicted octanol–water partition coefficient (Wildman–Crippen LogP) is 6.00. The van der Waals surface area contributed by atoms with E-state index in [1.807, 2.05) is 24.3 Å². The standard InChI is InChI=1S/C32H24O4P2/c33-31(37(35,27-13-5-1-6-14-27)28-15-7-2-8-16-28)25-21-23-26(24-22-25)32(34)38(36,29-17-9-3-10-18-29)30-19-11-4-12-20-30/h1-24H. The molecule has 5 rings (SSSR count). The summed E-state index contributed by atoms with van der Waals surface area (Å²) in [4.78, 5) is 27.6. The summed E-state index contributed by atoms with van der Waals surface area (Å²) in [5, 5.41) is 1.76. The van der Waals surface area contributed by atoms with Gasteiger partial charge in [-0.25, -0.2) is 0 Å². The molecule has 5 aromatic carbocycles. The number of carbonyl (C=O) groups excluding carboxylic acids is 2. The van der Waals surface area contributed by atoms with Gasteiger partial charge in [-0.05, 0) is 0 Å². The van der Waals surface area contributed by atoms with E-state index in [0.717, 1.165) is 0 Å². The van der Waals surface area contributed by atoms with Crippen LogP contribution in [-0.4, -0.2) is 11.0 Å². The second-order valence-corrected chi connectivity index (χ2v) is 14.1. The van der Waals surface area contributed by atoms with Crippen LogP contribution in [-0.2, 0) is 9.13 Å². The topological polar surface area (TPSA) is 68.3 Å². The Balaban J connectivity index is 1.55. The van der Waals surface area contributed by atoms with Crippen LogP contribution in [0.3, 0.4) is 0 Å². The van der Waals surface area contributed by atoms with Gasteiger partial charge >= 0.3 is 0 Å². The van der Waals surface area contributed by atoms with Gasteiger partial charge in [0.25, 0.3) is 0 Å². The highest BCUT2D eigenvalue weighted by molar-refractivity contribution is 7.94.